The van der Waals surface area contributed by atoms with Crippen LogP contribution in [0.4, 0.5) is 0 Å². The highest BCUT2D eigenvalue weighted by molar-refractivity contribution is 5.91. The van der Waals surface area contributed by atoms with Crippen molar-refractivity contribution >= 4 is 16.9 Å². The maximum Gasteiger partial charge on any atom is 0.233 e. The van der Waals surface area contributed by atoms with Crippen molar-refractivity contribution in [2.24, 2.45) is 5.73 Å². The van der Waals surface area contributed by atoms with E-state index in [0.717, 1.165) is 16.6 Å². The van der Waals surface area contributed by atoms with Crippen molar-refractivity contribution in [1.82, 2.24) is 15.0 Å². The number of nitrogens with one attached hydrogen (secondary N) is 1. The molecule has 0 aliphatic rings. The minimum atomic E-state index is -0.972. The van der Waals surface area contributed by atoms with E-state index in [1.807, 2.05) is 36.4 Å². The molecule has 0 fully saturated rings. The van der Waals surface area contributed by atoms with E-state index < -0.39 is 11.3 Å². The summed E-state index contributed by atoms with van der Waals surface area (Å²) in [6.07, 6.45) is 3.28. The van der Waals surface area contributed by atoms with Gasteiger partial charge >= 0.3 is 0 Å². The average molecular weight is 266 g/mol. The molecule has 3 N–H and O–H groups in total. The van der Waals surface area contributed by atoms with Crippen molar-refractivity contribution in [2.45, 2.75) is 12.3 Å². The van der Waals surface area contributed by atoms with Crippen molar-refractivity contribution in [3.63, 3.8) is 0 Å². The number of fused-ring (bicyclic) bond motifs is 1. The van der Waals surface area contributed by atoms with Gasteiger partial charge in [-0.15, -0.1) is 0 Å². The Balaban J connectivity index is 2.22. The van der Waals surface area contributed by atoms with Gasteiger partial charge in [0.2, 0.25) is 5.91 Å². The van der Waals surface area contributed by atoms with Crippen LogP contribution in [0.15, 0.2) is 48.9 Å². The number of aromatic nitrogens is 3. The number of hydrogen-bond acceptors (Lipinski definition) is 3. The van der Waals surface area contributed by atoms with Crippen LogP contribution in [0, 0.1) is 0 Å². The zero-order valence-corrected chi connectivity index (χ0v) is 11.0. The summed E-state index contributed by atoms with van der Waals surface area (Å²) >= 11 is 0. The number of pyridine rings is 1. The lowest BCUT2D eigenvalue weighted by Gasteiger charge is -2.26. The highest BCUT2D eigenvalue weighted by atomic mass is 16.1. The predicted molar refractivity (Wildman–Crippen MR) is 76.0 cm³/mol. The summed E-state index contributed by atoms with van der Waals surface area (Å²) in [4.78, 5) is 23.6. The number of carbonyl (C=O) groups excluding carboxylic acids is 1. The predicted octanol–water partition coefficient (Wildman–Crippen LogP) is 1.75. The molecule has 1 amide bonds. The third-order valence-corrected chi connectivity index (χ3v) is 3.67. The monoisotopic (exact) mass is 266 g/mol. The summed E-state index contributed by atoms with van der Waals surface area (Å²) < 4.78 is 0. The lowest BCUT2D eigenvalue weighted by Crippen LogP contribution is -2.40. The van der Waals surface area contributed by atoms with E-state index in [1.165, 1.54) is 0 Å². The van der Waals surface area contributed by atoms with Crippen LogP contribution in [0.3, 0.4) is 0 Å². The fraction of sp³-hybridized carbons (Fsp3) is 0.133. The number of nitrogens with zero attached hydrogens (tertiary/aromatic N) is 2. The number of H-pyrrole nitrogens is 1. The van der Waals surface area contributed by atoms with Gasteiger partial charge in [0.25, 0.3) is 0 Å². The number of aromatic amines is 1. The van der Waals surface area contributed by atoms with Crippen molar-refractivity contribution in [3.05, 3.63) is 60.2 Å². The van der Waals surface area contributed by atoms with E-state index in [-0.39, 0.29) is 0 Å². The molecule has 5 heteroatoms. The maximum absolute atomic E-state index is 12.1. The molecule has 100 valence electrons. The first-order chi connectivity index (χ1) is 9.62. The van der Waals surface area contributed by atoms with Crippen molar-refractivity contribution < 1.29 is 4.79 Å². The van der Waals surface area contributed by atoms with E-state index in [1.54, 1.807) is 19.4 Å². The zero-order chi connectivity index (χ0) is 14.2. The molecule has 0 spiro atoms. The van der Waals surface area contributed by atoms with Gasteiger partial charge in [0.05, 0.1) is 23.1 Å². The van der Waals surface area contributed by atoms with E-state index in [4.69, 9.17) is 5.73 Å². The third kappa shape index (κ3) is 1.75. The molecule has 0 radical (unpaired) electrons. The molecule has 0 saturated carbocycles. The fourth-order valence-electron chi connectivity index (χ4n) is 2.32. The Bertz CT molecular complexity index is 766. The van der Waals surface area contributed by atoms with Gasteiger partial charge in [-0.2, -0.15) is 0 Å². The molecule has 0 saturated heterocycles. The third-order valence-electron chi connectivity index (χ3n) is 3.67. The molecular weight excluding hydrogens is 252 g/mol. The molecule has 20 heavy (non-hydrogen) atoms. The number of hydrogen-bond donors (Lipinski definition) is 2. The van der Waals surface area contributed by atoms with Crippen LogP contribution in [0.2, 0.25) is 0 Å². The minimum Gasteiger partial charge on any atom is -0.369 e. The number of benzene rings is 1. The normalized spacial score (nSPS) is 14.1. The Morgan fingerprint density at radius 1 is 1.25 bits per heavy atom. The van der Waals surface area contributed by atoms with Gasteiger partial charge in [0.1, 0.15) is 5.41 Å². The molecule has 0 bridgehead atoms. The van der Waals surface area contributed by atoms with Crippen molar-refractivity contribution in [1.29, 1.82) is 0 Å². The smallest absolute Gasteiger partial charge is 0.233 e. The minimum absolute atomic E-state index is 0.435. The Labute approximate surface area is 115 Å². The molecule has 1 atom stereocenters. The van der Waals surface area contributed by atoms with Crippen LogP contribution in [-0.2, 0) is 10.2 Å². The molecule has 3 rings (SSSR count). The first-order valence-electron chi connectivity index (χ1n) is 6.27. The van der Waals surface area contributed by atoms with Crippen molar-refractivity contribution in [2.75, 3.05) is 0 Å². The number of amides is 1. The van der Waals surface area contributed by atoms with Crippen LogP contribution in [-0.4, -0.2) is 20.9 Å². The van der Waals surface area contributed by atoms with Crippen LogP contribution in [0.5, 0.6) is 0 Å². The van der Waals surface area contributed by atoms with Crippen molar-refractivity contribution in [3.8, 4) is 0 Å². The Hall–Kier alpha value is -2.69. The van der Waals surface area contributed by atoms with Gasteiger partial charge in [0.15, 0.2) is 0 Å². The fourth-order valence-corrected chi connectivity index (χ4v) is 2.32. The summed E-state index contributed by atoms with van der Waals surface area (Å²) in [7, 11) is 0. The lowest BCUT2D eigenvalue weighted by atomic mass is 9.78. The number of rotatable bonds is 3. The zero-order valence-electron chi connectivity index (χ0n) is 11.0. The molecule has 2 heterocycles. The first kappa shape index (κ1) is 12.3. The van der Waals surface area contributed by atoms with Crippen LogP contribution >= 0.6 is 0 Å². The van der Waals surface area contributed by atoms with Gasteiger partial charge in [-0.05, 0) is 36.8 Å². The van der Waals surface area contributed by atoms with Gasteiger partial charge in [-0.25, -0.2) is 4.98 Å². The standard InChI is InChI=1S/C15H14N4O/c1-15(14(16)20,13-4-2-3-7-17-13)10-5-6-11-12(8-10)19-9-18-11/h2-9H,1H3,(H2,16,20)(H,18,19). The van der Waals surface area contributed by atoms with E-state index in [9.17, 15) is 4.79 Å². The largest absolute Gasteiger partial charge is 0.369 e. The lowest BCUT2D eigenvalue weighted by molar-refractivity contribution is -0.121. The summed E-state index contributed by atoms with van der Waals surface area (Å²) in [6.45, 7) is 1.79. The molecule has 0 aliphatic heterocycles. The molecule has 3 aromatic rings. The molecular formula is C15H14N4O. The van der Waals surface area contributed by atoms with Crippen LogP contribution in [0.1, 0.15) is 18.2 Å². The maximum atomic E-state index is 12.1. The highest BCUT2D eigenvalue weighted by Gasteiger charge is 2.36. The Morgan fingerprint density at radius 3 is 2.80 bits per heavy atom. The van der Waals surface area contributed by atoms with E-state index in [0.29, 0.717) is 5.69 Å². The Morgan fingerprint density at radius 2 is 2.10 bits per heavy atom. The van der Waals surface area contributed by atoms with Crippen LogP contribution < -0.4 is 5.73 Å². The second-order valence-corrected chi connectivity index (χ2v) is 4.84. The average Bonchev–Trinajstić information content (AvgIpc) is 2.94. The number of carbonyl (C=O) groups is 1. The number of imidazole rings is 1. The topological polar surface area (TPSA) is 84.7 Å². The second kappa shape index (κ2) is 4.45. The van der Waals surface area contributed by atoms with E-state index in [2.05, 4.69) is 15.0 Å². The van der Waals surface area contributed by atoms with Gasteiger partial charge in [-0.3, -0.25) is 9.78 Å². The Kier molecular flexibility index (Phi) is 2.75. The highest BCUT2D eigenvalue weighted by Crippen LogP contribution is 2.31. The molecule has 1 unspecified atom stereocenters. The summed E-state index contributed by atoms with van der Waals surface area (Å²) in [5.74, 6) is -0.435. The summed E-state index contributed by atoms with van der Waals surface area (Å²) in [5, 5.41) is 0. The van der Waals surface area contributed by atoms with Gasteiger partial charge in [-0.1, -0.05) is 12.1 Å². The number of nitrogens with two attached hydrogens (primary N) is 1. The molecule has 5 nitrogen and oxygen atoms in total. The summed E-state index contributed by atoms with van der Waals surface area (Å²) in [5.41, 5.74) is 7.82. The molecule has 2 aromatic heterocycles. The second-order valence-electron chi connectivity index (χ2n) is 4.84. The first-order valence-corrected chi connectivity index (χ1v) is 6.27. The SMILES string of the molecule is CC(C(N)=O)(c1ccc2nc[nH]c2c1)c1ccccn1. The van der Waals surface area contributed by atoms with Crippen LogP contribution in [0.25, 0.3) is 11.0 Å². The van der Waals surface area contributed by atoms with E-state index >= 15 is 0 Å². The summed E-state index contributed by atoms with van der Waals surface area (Å²) in [6, 6.07) is 11.1. The van der Waals surface area contributed by atoms with Gasteiger partial charge < -0.3 is 10.7 Å². The van der Waals surface area contributed by atoms with Gasteiger partial charge in [0, 0.05) is 6.20 Å². The quantitative estimate of drug-likeness (QED) is 0.757. The number of primary amides is 1. The molecule has 1 aromatic carbocycles. The molecule has 0 aliphatic carbocycles.